The van der Waals surface area contributed by atoms with Crippen molar-refractivity contribution < 1.29 is 14.3 Å². The zero-order chi connectivity index (χ0) is 20.4. The van der Waals surface area contributed by atoms with Gasteiger partial charge in [0.15, 0.2) is 0 Å². The summed E-state index contributed by atoms with van der Waals surface area (Å²) in [6, 6.07) is 11.9. The summed E-state index contributed by atoms with van der Waals surface area (Å²) < 4.78 is 5.17. The van der Waals surface area contributed by atoms with Crippen LogP contribution in [0.2, 0.25) is 15.1 Å². The molecular weight excluding hydrogens is 421 g/mol. The van der Waals surface area contributed by atoms with Crippen LogP contribution in [0.5, 0.6) is 0 Å². The summed E-state index contributed by atoms with van der Waals surface area (Å²) in [6.45, 7) is 3.59. The average Bonchev–Trinajstić information content (AvgIpc) is 2.90. The molecule has 0 aliphatic carbocycles. The molecule has 0 N–H and O–H groups in total. The fourth-order valence-electron chi connectivity index (χ4n) is 2.97. The van der Waals surface area contributed by atoms with Crippen LogP contribution in [0, 0.1) is 0 Å². The van der Waals surface area contributed by atoms with Crippen molar-refractivity contribution in [3.8, 4) is 0 Å². The largest absolute Gasteiger partial charge is 0.462 e. The number of allylic oxidation sites excluding steroid dienone is 1. The number of hydrogen-bond acceptors (Lipinski definition) is 3. The van der Waals surface area contributed by atoms with E-state index in [4.69, 9.17) is 39.5 Å². The first kappa shape index (κ1) is 20.5. The van der Waals surface area contributed by atoms with E-state index in [0.29, 0.717) is 32.0 Å². The Balaban J connectivity index is 2.16. The maximum Gasteiger partial charge on any atom is 0.340 e. The number of halogens is 3. The molecule has 144 valence electrons. The highest BCUT2D eigenvalue weighted by molar-refractivity contribution is 6.43. The number of nitrogens with zero attached hydrogens (tertiary/aromatic N) is 1. The molecule has 0 bridgehead atoms. The summed E-state index contributed by atoms with van der Waals surface area (Å²) >= 11 is 18.3. The van der Waals surface area contributed by atoms with Gasteiger partial charge in [0, 0.05) is 16.4 Å². The monoisotopic (exact) mass is 435 g/mol. The molecule has 0 radical (unpaired) electrons. The zero-order valence-electron chi connectivity index (χ0n) is 15.1. The first-order chi connectivity index (χ1) is 13.3. The molecule has 28 heavy (non-hydrogen) atoms. The van der Waals surface area contributed by atoms with Crippen LogP contribution in [-0.4, -0.2) is 18.5 Å². The molecule has 3 rings (SSSR count). The van der Waals surface area contributed by atoms with Gasteiger partial charge in [0.25, 0.3) is 5.91 Å². The second-order valence-corrected chi connectivity index (χ2v) is 7.22. The molecule has 0 spiro atoms. The molecule has 1 aliphatic rings. The van der Waals surface area contributed by atoms with Crippen LogP contribution in [0.1, 0.15) is 19.4 Å². The standard InChI is InChI=1S/C21H16Cl3NO3/c1-3-28-21(27)18-12(2)25(15-9-7-14(22)8-10-15)20(26)16(18)11-13-5-4-6-17(23)19(13)24/h4-11H,3H2,1-2H3/b16-11-. The van der Waals surface area contributed by atoms with Crippen molar-refractivity contribution in [1.29, 1.82) is 0 Å². The normalized spacial score (nSPS) is 15.5. The van der Waals surface area contributed by atoms with Gasteiger partial charge in [-0.3, -0.25) is 9.69 Å². The first-order valence-corrected chi connectivity index (χ1v) is 9.62. The van der Waals surface area contributed by atoms with Crippen LogP contribution in [0.25, 0.3) is 6.08 Å². The van der Waals surface area contributed by atoms with Crippen LogP contribution < -0.4 is 4.90 Å². The third kappa shape index (κ3) is 3.81. The van der Waals surface area contributed by atoms with Crippen LogP contribution in [0.3, 0.4) is 0 Å². The van der Waals surface area contributed by atoms with Gasteiger partial charge in [-0.05, 0) is 55.8 Å². The van der Waals surface area contributed by atoms with Gasteiger partial charge in [0.2, 0.25) is 0 Å². The number of rotatable bonds is 4. The highest BCUT2D eigenvalue weighted by atomic mass is 35.5. The van der Waals surface area contributed by atoms with Gasteiger partial charge in [0.1, 0.15) is 0 Å². The maximum absolute atomic E-state index is 13.2. The number of ether oxygens (including phenoxy) is 1. The van der Waals surface area contributed by atoms with Crippen molar-refractivity contribution in [2.24, 2.45) is 0 Å². The summed E-state index contributed by atoms with van der Waals surface area (Å²) in [7, 11) is 0. The topological polar surface area (TPSA) is 46.6 Å². The molecule has 0 atom stereocenters. The molecule has 4 nitrogen and oxygen atoms in total. The Labute approximate surface area is 177 Å². The second kappa shape index (κ2) is 8.39. The number of carbonyl (C=O) groups excluding carboxylic acids is 2. The summed E-state index contributed by atoms with van der Waals surface area (Å²) in [5.74, 6) is -0.937. The highest BCUT2D eigenvalue weighted by Crippen LogP contribution is 2.37. The second-order valence-electron chi connectivity index (χ2n) is 6.00. The lowest BCUT2D eigenvalue weighted by atomic mass is 10.0. The molecular formula is C21H16Cl3NO3. The summed E-state index contributed by atoms with van der Waals surface area (Å²) in [6.07, 6.45) is 1.56. The fraction of sp³-hybridized carbons (Fsp3) is 0.143. The number of carbonyl (C=O) groups is 2. The van der Waals surface area contributed by atoms with Crippen molar-refractivity contribution >= 4 is 58.4 Å². The van der Waals surface area contributed by atoms with Crippen molar-refractivity contribution in [3.63, 3.8) is 0 Å². The minimum Gasteiger partial charge on any atom is -0.462 e. The van der Waals surface area contributed by atoms with Crippen LogP contribution >= 0.6 is 34.8 Å². The Morgan fingerprint density at radius 1 is 1.11 bits per heavy atom. The molecule has 2 aromatic carbocycles. The van der Waals surface area contributed by atoms with E-state index >= 15 is 0 Å². The van der Waals surface area contributed by atoms with Crippen LogP contribution in [-0.2, 0) is 14.3 Å². The molecule has 0 unspecified atom stereocenters. The number of anilines is 1. The third-order valence-corrected chi connectivity index (χ3v) is 5.33. The first-order valence-electron chi connectivity index (χ1n) is 8.49. The van der Waals surface area contributed by atoms with E-state index in [9.17, 15) is 9.59 Å². The van der Waals surface area contributed by atoms with E-state index in [0.717, 1.165) is 0 Å². The van der Waals surface area contributed by atoms with Crippen LogP contribution in [0.4, 0.5) is 5.69 Å². The number of esters is 1. The average molecular weight is 437 g/mol. The van der Waals surface area contributed by atoms with E-state index in [2.05, 4.69) is 0 Å². The molecule has 2 aromatic rings. The SMILES string of the molecule is CCOC(=O)C1=C(C)N(c2ccc(Cl)cc2)C(=O)/C1=C\c1cccc(Cl)c1Cl. The lowest BCUT2D eigenvalue weighted by Gasteiger charge is -2.18. The van der Waals surface area contributed by atoms with Gasteiger partial charge < -0.3 is 4.74 Å². The zero-order valence-corrected chi connectivity index (χ0v) is 17.4. The van der Waals surface area contributed by atoms with Gasteiger partial charge in [-0.15, -0.1) is 0 Å². The Morgan fingerprint density at radius 2 is 1.79 bits per heavy atom. The van der Waals surface area contributed by atoms with Crippen molar-refractivity contribution in [2.75, 3.05) is 11.5 Å². The van der Waals surface area contributed by atoms with E-state index < -0.39 is 5.97 Å². The van der Waals surface area contributed by atoms with Crippen molar-refractivity contribution in [1.82, 2.24) is 0 Å². The predicted octanol–water partition coefficient (Wildman–Crippen LogP) is 5.91. The van der Waals surface area contributed by atoms with E-state index in [-0.39, 0.29) is 23.7 Å². The number of benzene rings is 2. The van der Waals surface area contributed by atoms with Gasteiger partial charge in [-0.2, -0.15) is 0 Å². The van der Waals surface area contributed by atoms with Crippen molar-refractivity contribution in [3.05, 3.63) is 79.9 Å². The minimum absolute atomic E-state index is 0.190. The molecule has 7 heteroatoms. The molecule has 1 heterocycles. The molecule has 0 fully saturated rings. The van der Waals surface area contributed by atoms with E-state index in [1.165, 1.54) is 4.90 Å². The van der Waals surface area contributed by atoms with Crippen LogP contribution in [0.15, 0.2) is 59.3 Å². The Kier molecular flexibility index (Phi) is 6.14. The maximum atomic E-state index is 13.2. The van der Waals surface area contributed by atoms with E-state index in [1.807, 2.05) is 0 Å². The number of hydrogen-bond donors (Lipinski definition) is 0. The molecule has 0 saturated heterocycles. The summed E-state index contributed by atoms with van der Waals surface area (Å²) in [5, 5.41) is 1.20. The van der Waals surface area contributed by atoms with Gasteiger partial charge in [0.05, 0.1) is 27.8 Å². The Bertz CT molecular complexity index is 1010. The summed E-state index contributed by atoms with van der Waals surface area (Å²) in [4.78, 5) is 27.3. The Hall–Kier alpha value is -2.27. The van der Waals surface area contributed by atoms with Gasteiger partial charge in [-0.1, -0.05) is 46.9 Å². The third-order valence-electron chi connectivity index (χ3n) is 4.25. The fourth-order valence-corrected chi connectivity index (χ4v) is 3.46. The van der Waals surface area contributed by atoms with Crippen molar-refractivity contribution in [2.45, 2.75) is 13.8 Å². The molecule has 1 aliphatic heterocycles. The van der Waals surface area contributed by atoms with Gasteiger partial charge >= 0.3 is 5.97 Å². The minimum atomic E-state index is -0.575. The Morgan fingerprint density at radius 3 is 2.43 bits per heavy atom. The lowest BCUT2D eigenvalue weighted by molar-refractivity contribution is -0.138. The van der Waals surface area contributed by atoms with Gasteiger partial charge in [-0.25, -0.2) is 4.79 Å². The molecule has 1 amide bonds. The molecule has 0 saturated carbocycles. The summed E-state index contributed by atoms with van der Waals surface area (Å²) in [5.41, 5.74) is 1.97. The lowest BCUT2D eigenvalue weighted by Crippen LogP contribution is -2.24. The number of amides is 1. The quantitative estimate of drug-likeness (QED) is 0.442. The molecule has 0 aromatic heterocycles. The van der Waals surface area contributed by atoms with E-state index in [1.54, 1.807) is 62.4 Å². The predicted molar refractivity (Wildman–Crippen MR) is 113 cm³/mol. The smallest absolute Gasteiger partial charge is 0.340 e. The highest BCUT2D eigenvalue weighted by Gasteiger charge is 2.38.